The zero-order chi connectivity index (χ0) is 19.4. The average Bonchev–Trinajstić information content (AvgIpc) is 2.72. The highest BCUT2D eigenvalue weighted by atomic mass is 16.5. The van der Waals surface area contributed by atoms with Gasteiger partial charge in [-0.1, -0.05) is 50.6 Å². The Morgan fingerprint density at radius 1 is 1.15 bits per heavy atom. The van der Waals surface area contributed by atoms with Crippen LogP contribution in [0, 0.1) is 5.92 Å². The summed E-state index contributed by atoms with van der Waals surface area (Å²) in [6.45, 7) is 4.88. The van der Waals surface area contributed by atoms with E-state index in [1.165, 1.54) is 5.56 Å². The molecule has 1 amide bonds. The van der Waals surface area contributed by atoms with Crippen molar-refractivity contribution < 1.29 is 14.3 Å². The molecule has 2 aromatic carbocycles. The third-order valence-corrected chi connectivity index (χ3v) is 5.42. The second-order valence-electron chi connectivity index (χ2n) is 7.19. The van der Waals surface area contributed by atoms with Gasteiger partial charge in [-0.3, -0.25) is 4.79 Å². The average molecular weight is 367 g/mol. The first-order valence-corrected chi connectivity index (χ1v) is 9.70. The van der Waals surface area contributed by atoms with Gasteiger partial charge in [0.05, 0.1) is 20.3 Å². The Bertz CT molecular complexity index is 788. The van der Waals surface area contributed by atoms with Crippen LogP contribution < -0.4 is 9.47 Å². The Balaban J connectivity index is 2.09. The van der Waals surface area contributed by atoms with Crippen molar-refractivity contribution in [2.45, 2.75) is 39.2 Å². The molecule has 0 aromatic heterocycles. The molecule has 144 valence electrons. The van der Waals surface area contributed by atoms with Crippen molar-refractivity contribution in [3.63, 3.8) is 0 Å². The fraction of sp³-hybridized carbons (Fsp3) is 0.435. The fourth-order valence-corrected chi connectivity index (χ4v) is 4.02. The number of carbonyl (C=O) groups is 1. The molecule has 2 atom stereocenters. The van der Waals surface area contributed by atoms with Crippen LogP contribution in [0.25, 0.3) is 0 Å². The summed E-state index contributed by atoms with van der Waals surface area (Å²) in [5.74, 6) is 1.70. The molecule has 2 aromatic rings. The Morgan fingerprint density at radius 2 is 1.81 bits per heavy atom. The fourth-order valence-electron chi connectivity index (χ4n) is 4.02. The highest BCUT2D eigenvalue weighted by Crippen LogP contribution is 2.41. The number of rotatable bonds is 6. The first-order chi connectivity index (χ1) is 13.1. The minimum Gasteiger partial charge on any atom is -0.493 e. The van der Waals surface area contributed by atoms with E-state index in [4.69, 9.17) is 9.47 Å². The van der Waals surface area contributed by atoms with Gasteiger partial charge in [-0.25, -0.2) is 0 Å². The van der Waals surface area contributed by atoms with E-state index in [1.54, 1.807) is 14.2 Å². The van der Waals surface area contributed by atoms with Gasteiger partial charge in [0.1, 0.15) is 0 Å². The van der Waals surface area contributed by atoms with Crippen molar-refractivity contribution in [1.29, 1.82) is 0 Å². The largest absolute Gasteiger partial charge is 0.493 e. The lowest BCUT2D eigenvalue weighted by molar-refractivity contribution is -0.137. The molecule has 1 heterocycles. The van der Waals surface area contributed by atoms with E-state index in [0.717, 1.165) is 42.7 Å². The molecule has 4 heteroatoms. The lowest BCUT2D eigenvalue weighted by atomic mass is 9.86. The number of amides is 1. The number of hydrogen-bond donors (Lipinski definition) is 0. The summed E-state index contributed by atoms with van der Waals surface area (Å²) in [6.07, 6.45) is 2.75. The summed E-state index contributed by atoms with van der Waals surface area (Å²) in [4.78, 5) is 15.3. The Kier molecular flexibility index (Phi) is 6.04. The molecule has 0 radical (unpaired) electrons. The van der Waals surface area contributed by atoms with E-state index in [0.29, 0.717) is 5.75 Å². The van der Waals surface area contributed by atoms with Crippen LogP contribution in [0.4, 0.5) is 0 Å². The van der Waals surface area contributed by atoms with Crippen molar-refractivity contribution in [3.05, 3.63) is 59.2 Å². The van der Waals surface area contributed by atoms with Crippen LogP contribution in [0.1, 0.15) is 49.4 Å². The molecule has 3 rings (SSSR count). The Morgan fingerprint density at radius 3 is 2.44 bits per heavy atom. The molecular formula is C23H29NO3. The van der Waals surface area contributed by atoms with E-state index in [1.807, 2.05) is 36.1 Å². The van der Waals surface area contributed by atoms with Crippen molar-refractivity contribution in [1.82, 2.24) is 4.90 Å². The van der Waals surface area contributed by atoms with Crippen LogP contribution in [0.5, 0.6) is 11.5 Å². The van der Waals surface area contributed by atoms with E-state index < -0.39 is 0 Å². The quantitative estimate of drug-likeness (QED) is 0.748. The molecular weight excluding hydrogens is 338 g/mol. The van der Waals surface area contributed by atoms with Gasteiger partial charge in [-0.15, -0.1) is 0 Å². The predicted molar refractivity (Wildman–Crippen MR) is 107 cm³/mol. The Hall–Kier alpha value is -2.49. The number of ether oxygens (including phenoxy) is 2. The predicted octanol–water partition coefficient (Wildman–Crippen LogP) is 4.61. The van der Waals surface area contributed by atoms with E-state index in [-0.39, 0.29) is 17.9 Å². The van der Waals surface area contributed by atoms with Crippen molar-refractivity contribution in [3.8, 4) is 11.5 Å². The van der Waals surface area contributed by atoms with Gasteiger partial charge in [0.25, 0.3) is 0 Å². The highest BCUT2D eigenvalue weighted by molar-refractivity contribution is 5.80. The Labute approximate surface area is 162 Å². The molecule has 1 aliphatic heterocycles. The third kappa shape index (κ3) is 3.80. The number of nitrogens with zero attached hydrogens (tertiary/aromatic N) is 1. The monoisotopic (exact) mass is 367 g/mol. The maximum atomic E-state index is 13.2. The first kappa shape index (κ1) is 19.3. The van der Waals surface area contributed by atoms with Crippen molar-refractivity contribution in [2.24, 2.45) is 5.92 Å². The van der Waals surface area contributed by atoms with Crippen molar-refractivity contribution in [2.75, 3.05) is 20.8 Å². The topological polar surface area (TPSA) is 38.8 Å². The summed E-state index contributed by atoms with van der Waals surface area (Å²) in [5, 5.41) is 0. The molecule has 0 spiro atoms. The lowest BCUT2D eigenvalue weighted by Crippen LogP contribution is -2.43. The van der Waals surface area contributed by atoms with Crippen molar-refractivity contribution >= 4 is 5.91 Å². The molecule has 0 saturated carbocycles. The molecule has 0 bridgehead atoms. The van der Waals surface area contributed by atoms with Gasteiger partial charge in [0.15, 0.2) is 11.5 Å². The van der Waals surface area contributed by atoms with Crippen LogP contribution in [0.2, 0.25) is 0 Å². The molecule has 27 heavy (non-hydrogen) atoms. The number of hydrogen-bond acceptors (Lipinski definition) is 3. The summed E-state index contributed by atoms with van der Waals surface area (Å²) in [6, 6.07) is 14.3. The van der Waals surface area contributed by atoms with E-state index >= 15 is 0 Å². The minimum atomic E-state index is -0.0958. The zero-order valence-electron chi connectivity index (χ0n) is 16.7. The SMILES string of the molecule is CCC[C@@H](C)C(=O)N1CCc2cc(OC)c(OC)cc2[C@H]1c1ccccc1. The van der Waals surface area contributed by atoms with E-state index in [2.05, 4.69) is 25.1 Å². The third-order valence-electron chi connectivity index (χ3n) is 5.42. The number of benzene rings is 2. The molecule has 0 saturated heterocycles. The molecule has 0 aliphatic carbocycles. The van der Waals surface area contributed by atoms with Gasteiger partial charge in [0.2, 0.25) is 5.91 Å². The van der Waals surface area contributed by atoms with Crippen LogP contribution in [0.15, 0.2) is 42.5 Å². The number of fused-ring (bicyclic) bond motifs is 1. The van der Waals surface area contributed by atoms with Gasteiger partial charge < -0.3 is 14.4 Å². The standard InChI is InChI=1S/C23H29NO3/c1-5-9-16(2)23(25)24-13-12-18-14-20(26-3)21(27-4)15-19(18)22(24)17-10-7-6-8-11-17/h6-8,10-11,14-16,22H,5,9,12-13H2,1-4H3/t16-,22-/m1/s1. The number of carbonyl (C=O) groups excluding carboxylic acids is 1. The van der Waals surface area contributed by atoms with Crippen LogP contribution in [-0.2, 0) is 11.2 Å². The maximum absolute atomic E-state index is 13.2. The van der Waals surface area contributed by atoms with Gasteiger partial charge >= 0.3 is 0 Å². The smallest absolute Gasteiger partial charge is 0.226 e. The van der Waals surface area contributed by atoms with Gasteiger partial charge in [-0.05, 0) is 41.7 Å². The lowest BCUT2D eigenvalue weighted by Gasteiger charge is -2.39. The van der Waals surface area contributed by atoms with Crippen LogP contribution in [-0.4, -0.2) is 31.6 Å². The highest BCUT2D eigenvalue weighted by Gasteiger charge is 2.34. The first-order valence-electron chi connectivity index (χ1n) is 9.70. The van der Waals surface area contributed by atoms with E-state index in [9.17, 15) is 4.79 Å². The molecule has 0 fully saturated rings. The number of methoxy groups -OCH3 is 2. The maximum Gasteiger partial charge on any atom is 0.226 e. The summed E-state index contributed by atoms with van der Waals surface area (Å²) < 4.78 is 11.0. The summed E-state index contributed by atoms with van der Waals surface area (Å²) in [5.41, 5.74) is 3.47. The molecule has 1 aliphatic rings. The second-order valence-corrected chi connectivity index (χ2v) is 7.19. The second kappa shape index (κ2) is 8.47. The molecule has 0 unspecified atom stereocenters. The summed E-state index contributed by atoms with van der Waals surface area (Å²) >= 11 is 0. The van der Waals surface area contributed by atoms with Crippen LogP contribution >= 0.6 is 0 Å². The molecule has 0 N–H and O–H groups in total. The van der Waals surface area contributed by atoms with Gasteiger partial charge in [0, 0.05) is 12.5 Å². The van der Waals surface area contributed by atoms with Gasteiger partial charge in [-0.2, -0.15) is 0 Å². The summed E-state index contributed by atoms with van der Waals surface area (Å²) in [7, 11) is 3.31. The zero-order valence-corrected chi connectivity index (χ0v) is 16.7. The molecule has 4 nitrogen and oxygen atoms in total. The normalized spacial score (nSPS) is 17.2. The van der Waals surface area contributed by atoms with Crippen LogP contribution in [0.3, 0.4) is 0 Å². The minimum absolute atomic E-state index is 0.0305.